The standard InChI is InChI=1S/C16H25FN2O3S/c1-18(2)8-9-19(16-6-10-22-11-7-16)23(20,21)13-14-4-3-5-15(17)12-14/h3-5,12,16H,6-11,13H2,1-2H3. The van der Waals surface area contributed by atoms with Crippen LogP contribution in [0.2, 0.25) is 0 Å². The molecule has 1 aliphatic heterocycles. The van der Waals surface area contributed by atoms with E-state index in [1.807, 2.05) is 19.0 Å². The molecule has 5 nitrogen and oxygen atoms in total. The summed E-state index contributed by atoms with van der Waals surface area (Å²) in [6, 6.07) is 5.75. The van der Waals surface area contributed by atoms with Crippen LogP contribution in [0.25, 0.3) is 0 Å². The van der Waals surface area contributed by atoms with Crippen LogP contribution < -0.4 is 0 Å². The first-order valence-corrected chi connectivity index (χ1v) is 9.46. The molecule has 2 rings (SSSR count). The van der Waals surface area contributed by atoms with Crippen LogP contribution in [0, 0.1) is 5.82 Å². The summed E-state index contributed by atoms with van der Waals surface area (Å²) in [5.41, 5.74) is 0.479. The first-order chi connectivity index (χ1) is 10.9. The predicted molar refractivity (Wildman–Crippen MR) is 88.1 cm³/mol. The van der Waals surface area contributed by atoms with Gasteiger partial charge in [-0.1, -0.05) is 12.1 Å². The van der Waals surface area contributed by atoms with Crippen molar-refractivity contribution in [2.75, 3.05) is 40.4 Å². The maximum atomic E-state index is 13.3. The van der Waals surface area contributed by atoms with Crippen LogP contribution in [0.3, 0.4) is 0 Å². The van der Waals surface area contributed by atoms with E-state index >= 15 is 0 Å². The van der Waals surface area contributed by atoms with Gasteiger partial charge in [-0.3, -0.25) is 0 Å². The van der Waals surface area contributed by atoms with Gasteiger partial charge in [-0.15, -0.1) is 0 Å². The lowest BCUT2D eigenvalue weighted by molar-refractivity contribution is 0.0572. The number of nitrogens with zero attached hydrogens (tertiary/aromatic N) is 2. The lowest BCUT2D eigenvalue weighted by Gasteiger charge is -2.34. The van der Waals surface area contributed by atoms with Crippen LogP contribution in [-0.4, -0.2) is 64.1 Å². The molecule has 0 bridgehead atoms. The van der Waals surface area contributed by atoms with Crippen LogP contribution in [-0.2, 0) is 20.5 Å². The van der Waals surface area contributed by atoms with Crippen molar-refractivity contribution < 1.29 is 17.5 Å². The van der Waals surface area contributed by atoms with E-state index in [9.17, 15) is 12.8 Å². The van der Waals surface area contributed by atoms with Crippen molar-refractivity contribution in [3.63, 3.8) is 0 Å². The molecule has 0 radical (unpaired) electrons. The van der Waals surface area contributed by atoms with Gasteiger partial charge in [0.05, 0.1) is 5.75 Å². The van der Waals surface area contributed by atoms with Crippen molar-refractivity contribution in [3.05, 3.63) is 35.6 Å². The average molecular weight is 344 g/mol. The minimum Gasteiger partial charge on any atom is -0.381 e. The molecule has 1 aromatic carbocycles. The fourth-order valence-corrected chi connectivity index (χ4v) is 4.53. The normalized spacial score (nSPS) is 17.1. The third-order valence-corrected chi connectivity index (χ3v) is 5.85. The molecule has 1 aliphatic rings. The van der Waals surface area contributed by atoms with Gasteiger partial charge in [-0.05, 0) is 44.6 Å². The Bertz CT molecular complexity index is 601. The van der Waals surface area contributed by atoms with E-state index in [0.717, 1.165) is 0 Å². The van der Waals surface area contributed by atoms with Crippen molar-refractivity contribution in [3.8, 4) is 0 Å². The van der Waals surface area contributed by atoms with Gasteiger partial charge in [0.25, 0.3) is 0 Å². The molecular formula is C16H25FN2O3S. The molecule has 0 spiro atoms. The summed E-state index contributed by atoms with van der Waals surface area (Å²) < 4.78 is 46.0. The van der Waals surface area contributed by atoms with Gasteiger partial charge in [-0.25, -0.2) is 12.8 Å². The number of halogens is 1. The SMILES string of the molecule is CN(C)CCN(C1CCOCC1)S(=O)(=O)Cc1cccc(F)c1. The van der Waals surface area contributed by atoms with E-state index in [4.69, 9.17) is 4.74 Å². The zero-order valence-corrected chi connectivity index (χ0v) is 14.6. The smallest absolute Gasteiger partial charge is 0.218 e. The number of hydrogen-bond acceptors (Lipinski definition) is 4. The van der Waals surface area contributed by atoms with Crippen molar-refractivity contribution in [2.24, 2.45) is 0 Å². The molecule has 1 saturated heterocycles. The highest BCUT2D eigenvalue weighted by atomic mass is 32.2. The summed E-state index contributed by atoms with van der Waals surface area (Å²) in [7, 11) is 0.333. The zero-order valence-electron chi connectivity index (χ0n) is 13.7. The number of ether oxygens (including phenoxy) is 1. The fourth-order valence-electron chi connectivity index (χ4n) is 2.74. The van der Waals surface area contributed by atoms with Crippen molar-refractivity contribution in [1.82, 2.24) is 9.21 Å². The summed E-state index contributed by atoms with van der Waals surface area (Å²) >= 11 is 0. The average Bonchev–Trinajstić information content (AvgIpc) is 2.47. The molecule has 130 valence electrons. The van der Waals surface area contributed by atoms with Crippen LogP contribution in [0.15, 0.2) is 24.3 Å². The summed E-state index contributed by atoms with van der Waals surface area (Å²) in [4.78, 5) is 1.96. The van der Waals surface area contributed by atoms with Crippen molar-refractivity contribution >= 4 is 10.0 Å². The van der Waals surface area contributed by atoms with E-state index in [2.05, 4.69) is 0 Å². The Morgan fingerprint density at radius 2 is 1.91 bits per heavy atom. The fraction of sp³-hybridized carbons (Fsp3) is 0.625. The molecule has 1 aromatic rings. The Kier molecular flexibility index (Phi) is 6.52. The molecule has 0 atom stereocenters. The van der Waals surface area contributed by atoms with Crippen LogP contribution in [0.5, 0.6) is 0 Å². The second-order valence-electron chi connectivity index (χ2n) is 6.14. The largest absolute Gasteiger partial charge is 0.381 e. The second kappa shape index (κ2) is 8.19. The highest BCUT2D eigenvalue weighted by Gasteiger charge is 2.31. The number of benzene rings is 1. The van der Waals surface area contributed by atoms with Gasteiger partial charge in [0.15, 0.2) is 0 Å². The van der Waals surface area contributed by atoms with Gasteiger partial charge in [0, 0.05) is 32.3 Å². The molecule has 1 fully saturated rings. The Labute approximate surface area is 138 Å². The Morgan fingerprint density at radius 1 is 1.22 bits per heavy atom. The van der Waals surface area contributed by atoms with E-state index in [0.29, 0.717) is 44.7 Å². The Hall–Kier alpha value is -1.02. The first-order valence-electron chi connectivity index (χ1n) is 7.85. The third-order valence-electron chi connectivity index (χ3n) is 3.96. The summed E-state index contributed by atoms with van der Waals surface area (Å²) in [5.74, 6) is -0.584. The van der Waals surface area contributed by atoms with Gasteiger partial charge in [0.1, 0.15) is 5.82 Å². The second-order valence-corrected chi connectivity index (χ2v) is 8.07. The maximum absolute atomic E-state index is 13.3. The topological polar surface area (TPSA) is 49.9 Å². The number of rotatable bonds is 7. The van der Waals surface area contributed by atoms with Gasteiger partial charge in [-0.2, -0.15) is 4.31 Å². The molecule has 23 heavy (non-hydrogen) atoms. The van der Waals surface area contributed by atoms with Crippen LogP contribution in [0.1, 0.15) is 18.4 Å². The molecule has 0 N–H and O–H groups in total. The van der Waals surface area contributed by atoms with Crippen LogP contribution >= 0.6 is 0 Å². The van der Waals surface area contributed by atoms with Gasteiger partial charge in [0.2, 0.25) is 10.0 Å². The predicted octanol–water partition coefficient (Wildman–Crippen LogP) is 1.70. The maximum Gasteiger partial charge on any atom is 0.218 e. The quantitative estimate of drug-likeness (QED) is 0.755. The zero-order chi connectivity index (χ0) is 16.9. The highest BCUT2D eigenvalue weighted by Crippen LogP contribution is 2.21. The van der Waals surface area contributed by atoms with E-state index in [1.54, 1.807) is 16.4 Å². The molecule has 1 heterocycles. The minimum absolute atomic E-state index is 0.0396. The minimum atomic E-state index is -3.50. The lowest BCUT2D eigenvalue weighted by atomic mass is 10.1. The van der Waals surface area contributed by atoms with Crippen LogP contribution in [0.4, 0.5) is 4.39 Å². The van der Waals surface area contributed by atoms with Gasteiger partial charge < -0.3 is 9.64 Å². The monoisotopic (exact) mass is 344 g/mol. The summed E-state index contributed by atoms with van der Waals surface area (Å²) in [6.45, 7) is 2.26. The number of likely N-dealkylation sites (N-methyl/N-ethyl adjacent to an activating group) is 1. The number of sulfonamides is 1. The molecule has 7 heteroatoms. The highest BCUT2D eigenvalue weighted by molar-refractivity contribution is 7.88. The van der Waals surface area contributed by atoms with Crippen molar-refractivity contribution in [1.29, 1.82) is 0 Å². The summed E-state index contributed by atoms with van der Waals surface area (Å²) in [6.07, 6.45) is 1.41. The van der Waals surface area contributed by atoms with Gasteiger partial charge >= 0.3 is 0 Å². The van der Waals surface area contributed by atoms with E-state index < -0.39 is 15.8 Å². The van der Waals surface area contributed by atoms with E-state index in [-0.39, 0.29) is 11.8 Å². The molecule has 0 unspecified atom stereocenters. The first kappa shape index (κ1) is 18.3. The molecule has 0 aliphatic carbocycles. The third kappa shape index (κ3) is 5.53. The Balaban J connectivity index is 2.17. The Morgan fingerprint density at radius 3 is 2.52 bits per heavy atom. The lowest BCUT2D eigenvalue weighted by Crippen LogP contribution is -2.46. The number of hydrogen-bond donors (Lipinski definition) is 0. The molecule has 0 amide bonds. The summed E-state index contributed by atoms with van der Waals surface area (Å²) in [5, 5.41) is 0. The van der Waals surface area contributed by atoms with E-state index in [1.165, 1.54) is 12.1 Å². The molecule has 0 saturated carbocycles. The molecular weight excluding hydrogens is 319 g/mol. The van der Waals surface area contributed by atoms with Crippen molar-refractivity contribution in [2.45, 2.75) is 24.6 Å². The molecule has 0 aromatic heterocycles.